The molecule has 0 aliphatic carbocycles. The van der Waals surface area contributed by atoms with E-state index in [9.17, 15) is 14.7 Å². The normalized spacial score (nSPS) is 18.1. The first-order valence-corrected chi connectivity index (χ1v) is 7.49. The van der Waals surface area contributed by atoms with Crippen LogP contribution in [-0.4, -0.2) is 40.6 Å². The van der Waals surface area contributed by atoms with Crippen LogP contribution in [0.25, 0.3) is 0 Å². The van der Waals surface area contributed by atoms with E-state index in [1.54, 1.807) is 27.7 Å². The van der Waals surface area contributed by atoms with Crippen LogP contribution in [0.2, 0.25) is 0 Å². The number of carboxylic acids is 1. The van der Waals surface area contributed by atoms with Crippen LogP contribution in [0, 0.1) is 5.41 Å². The summed E-state index contributed by atoms with van der Waals surface area (Å²) in [5, 5.41) is 12.2. The molecule has 1 saturated heterocycles. The van der Waals surface area contributed by atoms with Gasteiger partial charge in [0, 0.05) is 13.1 Å². The third-order valence-electron chi connectivity index (χ3n) is 4.66. The van der Waals surface area contributed by atoms with Gasteiger partial charge in [0.05, 0.1) is 11.0 Å². The van der Waals surface area contributed by atoms with Gasteiger partial charge in [-0.1, -0.05) is 19.3 Å². The molecule has 1 heterocycles. The van der Waals surface area contributed by atoms with E-state index in [1.165, 1.54) is 6.42 Å². The number of urea groups is 1. The summed E-state index contributed by atoms with van der Waals surface area (Å²) in [4.78, 5) is 25.5. The van der Waals surface area contributed by atoms with Gasteiger partial charge < -0.3 is 15.3 Å². The molecular weight excluding hydrogens is 256 g/mol. The highest BCUT2D eigenvalue weighted by atomic mass is 16.4. The summed E-state index contributed by atoms with van der Waals surface area (Å²) in [5.74, 6) is -0.907. The van der Waals surface area contributed by atoms with E-state index in [1.807, 2.05) is 4.90 Å². The molecule has 0 radical (unpaired) electrons. The van der Waals surface area contributed by atoms with Gasteiger partial charge in [-0.15, -0.1) is 0 Å². The molecule has 5 heteroatoms. The van der Waals surface area contributed by atoms with Crippen LogP contribution in [0.3, 0.4) is 0 Å². The van der Waals surface area contributed by atoms with Crippen molar-refractivity contribution >= 4 is 12.0 Å². The Balaban J connectivity index is 2.70. The molecule has 0 atom stereocenters. The van der Waals surface area contributed by atoms with Gasteiger partial charge in [-0.3, -0.25) is 4.79 Å². The minimum atomic E-state index is -1.02. The lowest BCUT2D eigenvalue weighted by molar-refractivity contribution is -0.150. The minimum absolute atomic E-state index is 0.147. The molecule has 2 N–H and O–H groups in total. The quantitative estimate of drug-likeness (QED) is 0.837. The Hall–Kier alpha value is -1.26. The van der Waals surface area contributed by atoms with E-state index in [-0.39, 0.29) is 6.03 Å². The molecule has 1 fully saturated rings. The second-order valence-corrected chi connectivity index (χ2v) is 6.74. The maximum atomic E-state index is 12.4. The van der Waals surface area contributed by atoms with Crippen LogP contribution < -0.4 is 5.32 Å². The minimum Gasteiger partial charge on any atom is -0.481 e. The maximum absolute atomic E-state index is 12.4. The van der Waals surface area contributed by atoms with E-state index < -0.39 is 16.9 Å². The summed E-state index contributed by atoms with van der Waals surface area (Å²) >= 11 is 0. The van der Waals surface area contributed by atoms with Crippen molar-refractivity contribution < 1.29 is 14.7 Å². The molecule has 1 aliphatic heterocycles. The van der Waals surface area contributed by atoms with Crippen LogP contribution in [-0.2, 0) is 4.79 Å². The Morgan fingerprint density at radius 3 is 1.85 bits per heavy atom. The fourth-order valence-electron chi connectivity index (χ4n) is 2.22. The molecule has 0 aromatic heterocycles. The zero-order chi connectivity index (χ0) is 15.4. The lowest BCUT2D eigenvalue weighted by Gasteiger charge is -2.40. The molecule has 2 amide bonds. The summed E-state index contributed by atoms with van der Waals surface area (Å²) in [6, 6.07) is -0.147. The zero-order valence-corrected chi connectivity index (χ0v) is 13.2. The molecule has 1 aliphatic rings. The molecule has 0 unspecified atom stereocenters. The Bertz CT molecular complexity index is 356. The molecule has 0 saturated carbocycles. The van der Waals surface area contributed by atoms with Crippen LogP contribution in [0.1, 0.15) is 59.8 Å². The first kappa shape index (κ1) is 16.8. The molecular formula is C15H28N2O3. The third-order valence-corrected chi connectivity index (χ3v) is 4.66. The van der Waals surface area contributed by atoms with Crippen molar-refractivity contribution in [3.63, 3.8) is 0 Å². The fourth-order valence-corrected chi connectivity index (χ4v) is 2.22. The lowest BCUT2D eigenvalue weighted by atomic mass is 9.74. The Kier molecular flexibility index (Phi) is 5.42. The number of nitrogens with zero attached hydrogens (tertiary/aromatic N) is 1. The second kappa shape index (κ2) is 6.46. The number of hydrogen-bond donors (Lipinski definition) is 2. The Labute approximate surface area is 121 Å². The maximum Gasteiger partial charge on any atom is 0.317 e. The number of rotatable bonds is 3. The summed E-state index contributed by atoms with van der Waals surface area (Å²) in [6.45, 7) is 8.34. The SMILES string of the molecule is CC(C)(NC(=O)N1CCCCCCC1)C(C)(C)C(=O)O. The molecule has 5 nitrogen and oxygen atoms in total. The first-order chi connectivity index (χ1) is 9.18. The van der Waals surface area contributed by atoms with Gasteiger partial charge in [0.1, 0.15) is 0 Å². The lowest BCUT2D eigenvalue weighted by Crippen LogP contribution is -2.59. The summed E-state index contributed by atoms with van der Waals surface area (Å²) < 4.78 is 0. The van der Waals surface area contributed by atoms with Crippen LogP contribution in [0.15, 0.2) is 0 Å². The van der Waals surface area contributed by atoms with E-state index in [0.29, 0.717) is 0 Å². The van der Waals surface area contributed by atoms with Gasteiger partial charge >= 0.3 is 12.0 Å². The number of nitrogens with one attached hydrogen (secondary N) is 1. The Morgan fingerprint density at radius 1 is 0.950 bits per heavy atom. The van der Waals surface area contributed by atoms with Crippen molar-refractivity contribution in [1.29, 1.82) is 0 Å². The largest absolute Gasteiger partial charge is 0.481 e. The summed E-state index contributed by atoms with van der Waals surface area (Å²) in [7, 11) is 0. The van der Waals surface area contributed by atoms with Crippen molar-refractivity contribution in [2.75, 3.05) is 13.1 Å². The van der Waals surface area contributed by atoms with Gasteiger partial charge in [0.25, 0.3) is 0 Å². The molecule has 1 rings (SSSR count). The van der Waals surface area contributed by atoms with E-state index in [2.05, 4.69) is 5.32 Å². The highest BCUT2D eigenvalue weighted by molar-refractivity contribution is 5.79. The average molecular weight is 284 g/mol. The molecule has 0 bridgehead atoms. The van der Waals surface area contributed by atoms with E-state index in [0.717, 1.165) is 38.8 Å². The molecule has 0 aromatic rings. The van der Waals surface area contributed by atoms with Gasteiger partial charge in [0.15, 0.2) is 0 Å². The van der Waals surface area contributed by atoms with Gasteiger partial charge in [0.2, 0.25) is 0 Å². The topological polar surface area (TPSA) is 69.6 Å². The van der Waals surface area contributed by atoms with E-state index >= 15 is 0 Å². The number of carbonyl (C=O) groups excluding carboxylic acids is 1. The monoisotopic (exact) mass is 284 g/mol. The number of carbonyl (C=O) groups is 2. The van der Waals surface area contributed by atoms with Gasteiger partial charge in [-0.2, -0.15) is 0 Å². The first-order valence-electron chi connectivity index (χ1n) is 7.49. The highest BCUT2D eigenvalue weighted by Gasteiger charge is 2.44. The average Bonchev–Trinajstić information content (AvgIpc) is 2.26. The number of aliphatic carboxylic acids is 1. The van der Waals surface area contributed by atoms with Crippen LogP contribution in [0.5, 0.6) is 0 Å². The smallest absolute Gasteiger partial charge is 0.317 e. The van der Waals surface area contributed by atoms with Crippen molar-refractivity contribution in [3.05, 3.63) is 0 Å². The van der Waals surface area contributed by atoms with Gasteiger partial charge in [-0.25, -0.2) is 4.79 Å². The van der Waals surface area contributed by atoms with Crippen molar-refractivity contribution in [2.45, 2.75) is 65.3 Å². The second-order valence-electron chi connectivity index (χ2n) is 6.74. The number of amides is 2. The molecule has 116 valence electrons. The third kappa shape index (κ3) is 3.87. The van der Waals surface area contributed by atoms with Gasteiger partial charge in [-0.05, 0) is 40.5 Å². The number of carboxylic acid groups (broad SMARTS) is 1. The van der Waals surface area contributed by atoms with E-state index in [4.69, 9.17) is 0 Å². The molecule has 0 spiro atoms. The number of hydrogen-bond acceptors (Lipinski definition) is 2. The fraction of sp³-hybridized carbons (Fsp3) is 0.867. The molecule has 20 heavy (non-hydrogen) atoms. The summed E-state index contributed by atoms with van der Waals surface area (Å²) in [5.41, 5.74) is -1.83. The molecule has 0 aromatic carbocycles. The highest BCUT2D eigenvalue weighted by Crippen LogP contribution is 2.31. The zero-order valence-electron chi connectivity index (χ0n) is 13.2. The van der Waals surface area contributed by atoms with Crippen molar-refractivity contribution in [1.82, 2.24) is 10.2 Å². The Morgan fingerprint density at radius 2 is 1.40 bits per heavy atom. The number of likely N-dealkylation sites (tertiary alicyclic amines) is 1. The predicted molar refractivity (Wildman–Crippen MR) is 78.7 cm³/mol. The summed E-state index contributed by atoms with van der Waals surface area (Å²) in [6.07, 6.45) is 5.61. The van der Waals surface area contributed by atoms with Crippen molar-refractivity contribution in [3.8, 4) is 0 Å². The van der Waals surface area contributed by atoms with Crippen LogP contribution >= 0.6 is 0 Å². The van der Waals surface area contributed by atoms with Crippen LogP contribution in [0.4, 0.5) is 4.79 Å². The predicted octanol–water partition coefficient (Wildman–Crippen LogP) is 2.85. The standard InChI is InChI=1S/C15H28N2O3/c1-14(2,12(18)19)15(3,4)16-13(20)17-10-8-6-5-7-9-11-17/h5-11H2,1-4H3,(H,16,20)(H,18,19). The van der Waals surface area contributed by atoms with Crippen molar-refractivity contribution in [2.24, 2.45) is 5.41 Å².